The summed E-state index contributed by atoms with van der Waals surface area (Å²) in [6.07, 6.45) is 7.80. The van der Waals surface area contributed by atoms with Gasteiger partial charge in [-0.1, -0.05) is 13.8 Å². The third-order valence-corrected chi connectivity index (χ3v) is 9.06. The predicted molar refractivity (Wildman–Crippen MR) is 93.3 cm³/mol. The van der Waals surface area contributed by atoms with E-state index < -0.39 is 0 Å². The molecule has 0 bridgehead atoms. The molecule has 2 N–H and O–H groups in total. The van der Waals surface area contributed by atoms with E-state index >= 15 is 0 Å². The molecule has 3 nitrogen and oxygen atoms in total. The summed E-state index contributed by atoms with van der Waals surface area (Å²) in [5, 5.41) is 21.3. The molecular formula is C21H34O3. The molecule has 4 fully saturated rings. The summed E-state index contributed by atoms with van der Waals surface area (Å²) in [4.78, 5) is 12.2. The summed E-state index contributed by atoms with van der Waals surface area (Å²) < 4.78 is 0. The van der Waals surface area contributed by atoms with Crippen molar-refractivity contribution in [3.63, 3.8) is 0 Å². The van der Waals surface area contributed by atoms with E-state index in [1.54, 1.807) is 6.92 Å². The number of rotatable bonds is 1. The van der Waals surface area contributed by atoms with Crippen LogP contribution in [0.4, 0.5) is 0 Å². The van der Waals surface area contributed by atoms with Crippen molar-refractivity contribution in [2.75, 3.05) is 0 Å². The molecule has 4 aliphatic carbocycles. The smallest absolute Gasteiger partial charge is 0.133 e. The van der Waals surface area contributed by atoms with Crippen LogP contribution in [0.3, 0.4) is 0 Å². The number of hydrogen-bond acceptors (Lipinski definition) is 3. The number of fused-ring (bicyclic) bond motifs is 5. The topological polar surface area (TPSA) is 57.5 Å². The number of hydrogen-bond donors (Lipinski definition) is 2. The van der Waals surface area contributed by atoms with Gasteiger partial charge in [0.1, 0.15) is 5.78 Å². The highest BCUT2D eigenvalue weighted by Gasteiger charge is 2.63. The summed E-state index contributed by atoms with van der Waals surface area (Å²) in [5.41, 5.74) is 0.182. The van der Waals surface area contributed by atoms with E-state index in [0.717, 1.165) is 38.5 Å². The fourth-order valence-corrected chi connectivity index (χ4v) is 8.03. The van der Waals surface area contributed by atoms with Crippen LogP contribution in [-0.4, -0.2) is 28.2 Å². The summed E-state index contributed by atoms with van der Waals surface area (Å²) in [6.45, 7) is 6.43. The molecular weight excluding hydrogens is 300 g/mol. The first-order valence-corrected chi connectivity index (χ1v) is 10.1. The maximum atomic E-state index is 12.2. The van der Waals surface area contributed by atoms with Gasteiger partial charge in [-0.3, -0.25) is 4.79 Å². The van der Waals surface area contributed by atoms with Gasteiger partial charge in [-0.25, -0.2) is 0 Å². The van der Waals surface area contributed by atoms with Gasteiger partial charge < -0.3 is 10.2 Å². The van der Waals surface area contributed by atoms with E-state index in [0.29, 0.717) is 29.5 Å². The minimum atomic E-state index is -0.278. The third-order valence-electron chi connectivity index (χ3n) is 9.06. The molecule has 4 aliphatic rings. The molecule has 0 aromatic rings. The molecule has 0 radical (unpaired) electrons. The zero-order chi connectivity index (χ0) is 17.3. The molecule has 0 aromatic heterocycles. The summed E-state index contributed by atoms with van der Waals surface area (Å²) in [6, 6.07) is 0. The van der Waals surface area contributed by atoms with Crippen molar-refractivity contribution in [2.45, 2.75) is 84.3 Å². The summed E-state index contributed by atoms with van der Waals surface area (Å²) >= 11 is 0. The lowest BCUT2D eigenvalue weighted by atomic mass is 9.44. The standard InChI is InChI=1S/C21H34O3/c1-12(22)16-6-7-17-15-5-4-13-10-14(23)8-9-20(13,2)19(15)18(24)11-21(16,17)3/h13-19,23-24H,4-11H2,1-3H3/t13-,14+,15-,16+,17-,18+,19+,20-,21+/m0/s1. The predicted octanol–water partition coefficient (Wildman–Crippen LogP) is 3.57. The molecule has 9 atom stereocenters. The van der Waals surface area contributed by atoms with Gasteiger partial charge in [0.05, 0.1) is 12.2 Å². The van der Waals surface area contributed by atoms with Crippen LogP contribution in [0.5, 0.6) is 0 Å². The van der Waals surface area contributed by atoms with E-state index in [1.165, 1.54) is 12.8 Å². The molecule has 0 aliphatic heterocycles. The lowest BCUT2D eigenvalue weighted by Crippen LogP contribution is -2.59. The van der Waals surface area contributed by atoms with Crippen molar-refractivity contribution in [1.29, 1.82) is 0 Å². The van der Waals surface area contributed by atoms with Crippen LogP contribution in [0.25, 0.3) is 0 Å². The zero-order valence-corrected chi connectivity index (χ0v) is 15.5. The van der Waals surface area contributed by atoms with Gasteiger partial charge in [-0.15, -0.1) is 0 Å². The highest BCUT2D eigenvalue weighted by atomic mass is 16.3. The molecule has 136 valence electrons. The Morgan fingerprint density at radius 1 is 1.00 bits per heavy atom. The molecule has 0 spiro atoms. The Hall–Kier alpha value is -0.410. The van der Waals surface area contributed by atoms with E-state index in [-0.39, 0.29) is 29.0 Å². The van der Waals surface area contributed by atoms with Crippen LogP contribution in [0.15, 0.2) is 0 Å². The van der Waals surface area contributed by atoms with Crippen LogP contribution in [0.1, 0.15) is 72.1 Å². The molecule has 24 heavy (non-hydrogen) atoms. The molecule has 0 amide bonds. The molecule has 0 heterocycles. The Morgan fingerprint density at radius 3 is 2.46 bits per heavy atom. The minimum Gasteiger partial charge on any atom is -0.393 e. The van der Waals surface area contributed by atoms with E-state index in [9.17, 15) is 15.0 Å². The lowest BCUT2D eigenvalue weighted by Gasteiger charge is -2.62. The molecule has 0 aromatic carbocycles. The van der Waals surface area contributed by atoms with Crippen molar-refractivity contribution >= 4 is 5.78 Å². The van der Waals surface area contributed by atoms with Gasteiger partial charge in [-0.05, 0) is 92.8 Å². The van der Waals surface area contributed by atoms with Crippen LogP contribution >= 0.6 is 0 Å². The lowest BCUT2D eigenvalue weighted by molar-refractivity contribution is -0.178. The largest absolute Gasteiger partial charge is 0.393 e. The minimum absolute atomic E-state index is 0.00376. The maximum absolute atomic E-state index is 12.2. The second-order valence-electron chi connectivity index (χ2n) is 10.0. The zero-order valence-electron chi connectivity index (χ0n) is 15.5. The first-order valence-electron chi connectivity index (χ1n) is 10.1. The second kappa shape index (κ2) is 5.54. The van der Waals surface area contributed by atoms with Crippen molar-refractivity contribution in [3.8, 4) is 0 Å². The molecule has 0 unspecified atom stereocenters. The number of ketones is 1. The third kappa shape index (κ3) is 2.19. The Balaban J connectivity index is 1.67. The maximum Gasteiger partial charge on any atom is 0.133 e. The fourth-order valence-electron chi connectivity index (χ4n) is 8.03. The number of Topliss-reactive ketones (excluding diaryl/α,β-unsaturated/α-hetero) is 1. The molecule has 4 saturated carbocycles. The van der Waals surface area contributed by atoms with Gasteiger partial charge in [0, 0.05) is 5.92 Å². The van der Waals surface area contributed by atoms with Crippen LogP contribution in [0.2, 0.25) is 0 Å². The van der Waals surface area contributed by atoms with Crippen molar-refractivity contribution < 1.29 is 15.0 Å². The highest BCUT2D eigenvalue weighted by Crippen LogP contribution is 2.67. The number of aliphatic hydroxyl groups excluding tert-OH is 2. The van der Waals surface area contributed by atoms with Crippen molar-refractivity contribution in [2.24, 2.45) is 40.4 Å². The van der Waals surface area contributed by atoms with E-state index in [1.807, 2.05) is 0 Å². The van der Waals surface area contributed by atoms with Gasteiger partial charge in [0.15, 0.2) is 0 Å². The Morgan fingerprint density at radius 2 is 1.75 bits per heavy atom. The Bertz CT molecular complexity index is 531. The number of aliphatic hydroxyl groups is 2. The van der Waals surface area contributed by atoms with E-state index in [2.05, 4.69) is 13.8 Å². The van der Waals surface area contributed by atoms with E-state index in [4.69, 9.17) is 0 Å². The quantitative estimate of drug-likeness (QED) is 0.771. The highest BCUT2D eigenvalue weighted by molar-refractivity contribution is 5.79. The first-order chi connectivity index (χ1) is 11.3. The van der Waals surface area contributed by atoms with Crippen LogP contribution in [0, 0.1) is 40.4 Å². The van der Waals surface area contributed by atoms with Crippen molar-refractivity contribution in [1.82, 2.24) is 0 Å². The molecule has 3 heteroatoms. The molecule has 0 saturated heterocycles. The fraction of sp³-hybridized carbons (Fsp3) is 0.952. The number of carbonyl (C=O) groups excluding carboxylic acids is 1. The van der Waals surface area contributed by atoms with Gasteiger partial charge in [-0.2, -0.15) is 0 Å². The SMILES string of the molecule is CC(=O)[C@H]1CC[C@H]2[C@@H]3CC[C@H]4C[C@H](O)CC[C@]4(C)[C@H]3[C@H](O)C[C@]12C. The average molecular weight is 335 g/mol. The average Bonchev–Trinajstić information content (AvgIpc) is 2.84. The second-order valence-corrected chi connectivity index (χ2v) is 10.0. The van der Waals surface area contributed by atoms with Gasteiger partial charge >= 0.3 is 0 Å². The van der Waals surface area contributed by atoms with Crippen LogP contribution in [-0.2, 0) is 4.79 Å². The van der Waals surface area contributed by atoms with Crippen LogP contribution < -0.4 is 0 Å². The summed E-state index contributed by atoms with van der Waals surface area (Å²) in [7, 11) is 0. The van der Waals surface area contributed by atoms with Gasteiger partial charge in [0.2, 0.25) is 0 Å². The van der Waals surface area contributed by atoms with Gasteiger partial charge in [0.25, 0.3) is 0 Å². The monoisotopic (exact) mass is 334 g/mol. The Labute approximate surface area is 146 Å². The first kappa shape index (κ1) is 17.0. The number of carbonyl (C=O) groups is 1. The van der Waals surface area contributed by atoms with Crippen molar-refractivity contribution in [3.05, 3.63) is 0 Å². The normalized spacial score (nSPS) is 57.0. The Kier molecular flexibility index (Phi) is 3.93. The molecule has 4 rings (SSSR count). The summed E-state index contributed by atoms with van der Waals surface area (Å²) in [5.74, 6) is 2.58.